The highest BCUT2D eigenvalue weighted by Crippen LogP contribution is 2.38. The zero-order chi connectivity index (χ0) is 26.7. The number of carbonyl (C=O) groups excluding carboxylic acids is 3. The molecule has 37 heavy (non-hydrogen) atoms. The van der Waals surface area contributed by atoms with E-state index in [0.717, 1.165) is 0 Å². The van der Waals surface area contributed by atoms with E-state index in [4.69, 9.17) is 18.9 Å². The van der Waals surface area contributed by atoms with Crippen molar-refractivity contribution in [3.63, 3.8) is 0 Å². The quantitative estimate of drug-likeness (QED) is 0.280. The van der Waals surface area contributed by atoms with Crippen LogP contribution in [-0.2, 0) is 33.3 Å². The molecular weight excluding hydrogens is 488 g/mol. The molecule has 1 unspecified atom stereocenters. The zero-order valence-electron chi connectivity index (χ0n) is 20.4. The maximum absolute atomic E-state index is 12.7. The van der Waals surface area contributed by atoms with E-state index in [1.165, 1.54) is 25.3 Å². The van der Waals surface area contributed by atoms with Crippen LogP contribution in [0.4, 0.5) is 11.6 Å². The Balaban J connectivity index is 1.88. The van der Waals surface area contributed by atoms with E-state index >= 15 is 0 Å². The van der Waals surface area contributed by atoms with Gasteiger partial charge >= 0.3 is 17.9 Å². The summed E-state index contributed by atoms with van der Waals surface area (Å²) in [6.07, 6.45) is -4.64. The second-order valence-corrected chi connectivity index (χ2v) is 8.16. The SMILES string of the molecule is CC(=O)OC[C@H]1O[C@@H](n2c(/N=N/c3ccccc3)nc3c(=O)[nH]c(C)nc32)[C@@H](OC(C)=O)C1OC(C)=O. The van der Waals surface area contributed by atoms with Crippen molar-refractivity contribution in [2.45, 2.75) is 52.2 Å². The first-order chi connectivity index (χ1) is 17.6. The van der Waals surface area contributed by atoms with Crippen LogP contribution in [0, 0.1) is 6.92 Å². The van der Waals surface area contributed by atoms with Crippen molar-refractivity contribution in [1.29, 1.82) is 0 Å². The molecule has 4 rings (SSSR count). The fraction of sp³-hybridized carbons (Fsp3) is 0.391. The van der Waals surface area contributed by atoms with Crippen molar-refractivity contribution in [2.75, 3.05) is 6.61 Å². The van der Waals surface area contributed by atoms with Crippen LogP contribution in [0.3, 0.4) is 0 Å². The molecule has 1 saturated heterocycles. The number of aromatic amines is 1. The number of imidazole rings is 1. The lowest BCUT2D eigenvalue weighted by molar-refractivity contribution is -0.166. The molecule has 14 nitrogen and oxygen atoms in total. The lowest BCUT2D eigenvalue weighted by Crippen LogP contribution is -2.40. The third-order valence-electron chi connectivity index (χ3n) is 5.26. The normalized spacial score (nSPS) is 21.3. The Morgan fingerprint density at radius 3 is 2.32 bits per heavy atom. The summed E-state index contributed by atoms with van der Waals surface area (Å²) in [6, 6.07) is 8.78. The van der Waals surface area contributed by atoms with E-state index in [1.807, 2.05) is 6.07 Å². The number of aromatic nitrogens is 4. The Morgan fingerprint density at radius 1 is 1.00 bits per heavy atom. The summed E-state index contributed by atoms with van der Waals surface area (Å²) in [5, 5.41) is 8.37. The number of nitrogens with zero attached hydrogens (tertiary/aromatic N) is 5. The molecule has 0 bridgehead atoms. The predicted octanol–water partition coefficient (Wildman–Crippen LogP) is 2.17. The molecule has 0 amide bonds. The summed E-state index contributed by atoms with van der Waals surface area (Å²) in [6.45, 7) is 4.84. The second kappa shape index (κ2) is 10.7. The average molecular weight is 512 g/mol. The molecule has 1 aromatic carbocycles. The molecule has 194 valence electrons. The van der Waals surface area contributed by atoms with Crippen molar-refractivity contribution in [3.8, 4) is 0 Å². The lowest BCUT2D eigenvalue weighted by Gasteiger charge is -2.24. The molecule has 14 heteroatoms. The van der Waals surface area contributed by atoms with Crippen molar-refractivity contribution in [3.05, 3.63) is 46.5 Å². The first kappa shape index (κ1) is 25.6. The summed E-state index contributed by atoms with van der Waals surface area (Å²) in [4.78, 5) is 59.3. The molecule has 4 atom stereocenters. The van der Waals surface area contributed by atoms with Gasteiger partial charge in [-0.3, -0.25) is 23.7 Å². The summed E-state index contributed by atoms with van der Waals surface area (Å²) in [7, 11) is 0. The minimum atomic E-state index is -1.23. The minimum absolute atomic E-state index is 0.0646. The highest BCUT2D eigenvalue weighted by atomic mass is 16.7. The van der Waals surface area contributed by atoms with Gasteiger partial charge < -0.3 is 23.9 Å². The Kier molecular flexibility index (Phi) is 7.38. The maximum Gasteiger partial charge on any atom is 0.303 e. The predicted molar refractivity (Wildman–Crippen MR) is 125 cm³/mol. The summed E-state index contributed by atoms with van der Waals surface area (Å²) in [5.74, 6) is -1.77. The summed E-state index contributed by atoms with van der Waals surface area (Å²) < 4.78 is 23.4. The Bertz CT molecular complexity index is 1420. The molecule has 0 radical (unpaired) electrons. The molecule has 1 aliphatic heterocycles. The molecule has 1 aliphatic rings. The van der Waals surface area contributed by atoms with E-state index in [1.54, 1.807) is 31.2 Å². The maximum atomic E-state index is 12.7. The smallest absolute Gasteiger partial charge is 0.303 e. The monoisotopic (exact) mass is 512 g/mol. The largest absolute Gasteiger partial charge is 0.463 e. The van der Waals surface area contributed by atoms with Crippen molar-refractivity contribution in [1.82, 2.24) is 19.5 Å². The number of hydrogen-bond acceptors (Lipinski definition) is 12. The number of aryl methyl sites for hydroxylation is 1. The number of nitrogens with one attached hydrogen (secondary N) is 1. The number of esters is 3. The summed E-state index contributed by atoms with van der Waals surface area (Å²) in [5.41, 5.74) is -0.0219. The van der Waals surface area contributed by atoms with Gasteiger partial charge in [-0.15, -0.1) is 10.2 Å². The lowest BCUT2D eigenvalue weighted by atomic mass is 10.1. The molecule has 1 N–H and O–H groups in total. The van der Waals surface area contributed by atoms with Crippen LogP contribution in [0.2, 0.25) is 0 Å². The topological polar surface area (TPSA) is 176 Å². The van der Waals surface area contributed by atoms with Gasteiger partial charge in [0.15, 0.2) is 29.6 Å². The van der Waals surface area contributed by atoms with Gasteiger partial charge in [0, 0.05) is 20.8 Å². The van der Waals surface area contributed by atoms with Gasteiger partial charge in [-0.25, -0.2) is 9.97 Å². The van der Waals surface area contributed by atoms with E-state index in [9.17, 15) is 19.2 Å². The molecule has 0 aliphatic carbocycles. The van der Waals surface area contributed by atoms with Crippen LogP contribution in [0.5, 0.6) is 0 Å². The van der Waals surface area contributed by atoms with Gasteiger partial charge in [-0.05, 0) is 19.1 Å². The molecule has 0 spiro atoms. The van der Waals surface area contributed by atoms with Gasteiger partial charge in [0.25, 0.3) is 11.5 Å². The van der Waals surface area contributed by atoms with Gasteiger partial charge in [0.05, 0.1) is 5.69 Å². The Morgan fingerprint density at radius 2 is 1.68 bits per heavy atom. The number of H-pyrrole nitrogens is 1. The van der Waals surface area contributed by atoms with Gasteiger partial charge in [0.2, 0.25) is 0 Å². The van der Waals surface area contributed by atoms with E-state index < -0.39 is 48.0 Å². The van der Waals surface area contributed by atoms with E-state index in [2.05, 4.69) is 25.2 Å². The third kappa shape index (κ3) is 5.69. The second-order valence-electron chi connectivity index (χ2n) is 8.16. The Labute approximate surface area is 209 Å². The van der Waals surface area contributed by atoms with Crippen LogP contribution in [0.25, 0.3) is 11.2 Å². The fourth-order valence-electron chi connectivity index (χ4n) is 3.88. The first-order valence-corrected chi connectivity index (χ1v) is 11.2. The van der Waals surface area contributed by atoms with Crippen molar-refractivity contribution >= 4 is 40.7 Å². The highest BCUT2D eigenvalue weighted by molar-refractivity contribution is 5.73. The van der Waals surface area contributed by atoms with Crippen LogP contribution >= 0.6 is 0 Å². The van der Waals surface area contributed by atoms with E-state index in [0.29, 0.717) is 5.69 Å². The van der Waals surface area contributed by atoms with Crippen molar-refractivity contribution < 1.29 is 33.3 Å². The number of azo groups is 1. The van der Waals surface area contributed by atoms with Crippen molar-refractivity contribution in [2.24, 2.45) is 10.2 Å². The van der Waals surface area contributed by atoms with Crippen LogP contribution in [-0.4, -0.2) is 62.3 Å². The fourth-order valence-corrected chi connectivity index (χ4v) is 3.88. The average Bonchev–Trinajstić information content (AvgIpc) is 3.34. The van der Waals surface area contributed by atoms with Gasteiger partial charge in [-0.1, -0.05) is 18.2 Å². The third-order valence-corrected chi connectivity index (χ3v) is 5.26. The molecule has 3 aromatic rings. The highest BCUT2D eigenvalue weighted by Gasteiger charge is 2.51. The molecule has 2 aromatic heterocycles. The van der Waals surface area contributed by atoms with Gasteiger partial charge in [0.1, 0.15) is 18.5 Å². The van der Waals surface area contributed by atoms with Gasteiger partial charge in [-0.2, -0.15) is 0 Å². The molecular formula is C23H24N6O8. The van der Waals surface area contributed by atoms with Crippen LogP contribution in [0.1, 0.15) is 32.8 Å². The van der Waals surface area contributed by atoms with E-state index in [-0.39, 0.29) is 29.5 Å². The number of ether oxygens (including phenoxy) is 4. The zero-order valence-corrected chi connectivity index (χ0v) is 20.4. The Hall–Kier alpha value is -4.46. The number of hydrogen-bond donors (Lipinski definition) is 1. The molecule has 1 fully saturated rings. The molecule has 0 saturated carbocycles. The number of carbonyl (C=O) groups is 3. The van der Waals surface area contributed by atoms with Crippen LogP contribution < -0.4 is 5.56 Å². The first-order valence-electron chi connectivity index (χ1n) is 11.2. The standard InChI is InChI=1S/C23H24N6O8/c1-11-24-20-17(21(33)25-11)26-23(28-27-15-8-6-5-7-9-15)29(20)22-19(36-14(4)32)18(35-13(3)31)16(37-22)10-34-12(2)30/h5-9,16,18-19,22H,10H2,1-4H3,(H,24,25,33)/b28-27+/t16-,18?,19+,22-/m1/s1. The molecule has 3 heterocycles. The minimum Gasteiger partial charge on any atom is -0.463 e. The number of benzene rings is 1. The number of fused-ring (bicyclic) bond motifs is 1. The number of rotatable bonds is 7. The summed E-state index contributed by atoms with van der Waals surface area (Å²) >= 11 is 0. The van der Waals surface area contributed by atoms with Crippen LogP contribution in [0.15, 0.2) is 45.4 Å².